The van der Waals surface area contributed by atoms with Crippen molar-refractivity contribution in [1.29, 1.82) is 0 Å². The van der Waals surface area contributed by atoms with Crippen molar-refractivity contribution in [1.82, 2.24) is 4.90 Å². The van der Waals surface area contributed by atoms with Crippen LogP contribution in [0.4, 0.5) is 0 Å². The number of hydrogen-bond donors (Lipinski definition) is 1. The molecule has 1 N–H and O–H groups in total. The van der Waals surface area contributed by atoms with Gasteiger partial charge < -0.3 is 14.6 Å². The van der Waals surface area contributed by atoms with E-state index < -0.39 is 12.0 Å². The second-order valence-electron chi connectivity index (χ2n) is 6.61. The predicted molar refractivity (Wildman–Crippen MR) is 93.5 cm³/mol. The van der Waals surface area contributed by atoms with Crippen LogP contribution in [-0.4, -0.2) is 60.4 Å². The third-order valence-electron chi connectivity index (χ3n) is 4.09. The van der Waals surface area contributed by atoms with Crippen molar-refractivity contribution in [2.75, 3.05) is 26.3 Å². The number of carbonyl (C=O) groups is 2. The lowest BCUT2D eigenvalue weighted by molar-refractivity contribution is -0.154. The number of carbonyl (C=O) groups excluding carboxylic acids is 2. The highest BCUT2D eigenvalue weighted by Crippen LogP contribution is 2.18. The summed E-state index contributed by atoms with van der Waals surface area (Å²) in [5.74, 6) is -1.36. The standard InChI is InChI=1S/C18H35NO5/c1-7-16(11-14(5)17(21)24-12-15(6)20)18(22)23-10-9-19(8-2)13(3)4/h13-16,20H,7-12H2,1-6H3. The smallest absolute Gasteiger partial charge is 0.308 e. The van der Waals surface area contributed by atoms with Gasteiger partial charge in [-0.2, -0.15) is 0 Å². The zero-order valence-corrected chi connectivity index (χ0v) is 16.1. The third kappa shape index (κ3) is 9.23. The Hall–Kier alpha value is -1.14. The minimum absolute atomic E-state index is 0.0214. The van der Waals surface area contributed by atoms with E-state index in [9.17, 15) is 9.59 Å². The van der Waals surface area contributed by atoms with Crippen LogP contribution in [0.25, 0.3) is 0 Å². The first-order valence-electron chi connectivity index (χ1n) is 8.98. The summed E-state index contributed by atoms with van der Waals surface area (Å²) >= 11 is 0. The molecule has 0 saturated carbocycles. The van der Waals surface area contributed by atoms with E-state index in [0.717, 1.165) is 6.54 Å². The molecule has 6 heteroatoms. The molecule has 0 amide bonds. The van der Waals surface area contributed by atoms with Gasteiger partial charge in [-0.05, 0) is 40.2 Å². The fourth-order valence-corrected chi connectivity index (χ4v) is 2.46. The van der Waals surface area contributed by atoms with Crippen LogP contribution in [0.2, 0.25) is 0 Å². The average Bonchev–Trinajstić information content (AvgIpc) is 2.53. The van der Waals surface area contributed by atoms with Crippen LogP contribution in [-0.2, 0) is 19.1 Å². The topological polar surface area (TPSA) is 76.1 Å². The molecule has 0 aromatic heterocycles. The van der Waals surface area contributed by atoms with Crippen molar-refractivity contribution in [2.24, 2.45) is 11.8 Å². The third-order valence-corrected chi connectivity index (χ3v) is 4.09. The van der Waals surface area contributed by atoms with Crippen LogP contribution >= 0.6 is 0 Å². The molecule has 142 valence electrons. The highest BCUT2D eigenvalue weighted by Gasteiger charge is 2.25. The first kappa shape index (κ1) is 22.9. The second kappa shape index (κ2) is 12.3. The number of nitrogens with zero attached hydrogens (tertiary/aromatic N) is 1. The number of aliphatic hydroxyl groups excluding tert-OH is 1. The molecule has 3 atom stereocenters. The van der Waals surface area contributed by atoms with Gasteiger partial charge in [0, 0.05) is 12.6 Å². The monoisotopic (exact) mass is 345 g/mol. The van der Waals surface area contributed by atoms with Crippen molar-refractivity contribution < 1.29 is 24.2 Å². The van der Waals surface area contributed by atoms with E-state index in [1.807, 2.05) is 6.92 Å². The number of likely N-dealkylation sites (N-methyl/N-ethyl adjacent to an activating group) is 1. The van der Waals surface area contributed by atoms with E-state index in [1.165, 1.54) is 0 Å². The Labute approximate surface area is 146 Å². The molecule has 0 heterocycles. The minimum atomic E-state index is -0.685. The van der Waals surface area contributed by atoms with Gasteiger partial charge in [0.25, 0.3) is 0 Å². The zero-order valence-electron chi connectivity index (χ0n) is 16.1. The molecule has 0 bridgehead atoms. The second-order valence-corrected chi connectivity index (χ2v) is 6.61. The van der Waals surface area contributed by atoms with Crippen LogP contribution in [0.3, 0.4) is 0 Å². The van der Waals surface area contributed by atoms with Crippen molar-refractivity contribution in [3.05, 3.63) is 0 Å². The predicted octanol–water partition coefficient (Wildman–Crippen LogP) is 2.24. The molecule has 0 fully saturated rings. The lowest BCUT2D eigenvalue weighted by Gasteiger charge is -2.25. The highest BCUT2D eigenvalue weighted by molar-refractivity contribution is 5.75. The summed E-state index contributed by atoms with van der Waals surface area (Å²) in [7, 11) is 0. The number of aliphatic hydroxyl groups is 1. The molecule has 0 aliphatic carbocycles. The molecular formula is C18H35NO5. The maximum absolute atomic E-state index is 12.2. The molecule has 24 heavy (non-hydrogen) atoms. The Balaban J connectivity index is 4.31. The quantitative estimate of drug-likeness (QED) is 0.547. The van der Waals surface area contributed by atoms with Gasteiger partial charge in [-0.1, -0.05) is 20.8 Å². The molecule has 0 aromatic carbocycles. The Morgan fingerprint density at radius 1 is 1.04 bits per heavy atom. The number of ether oxygens (including phenoxy) is 2. The van der Waals surface area contributed by atoms with Gasteiger partial charge in [-0.3, -0.25) is 14.5 Å². The van der Waals surface area contributed by atoms with E-state index in [-0.39, 0.29) is 24.5 Å². The average molecular weight is 345 g/mol. The maximum atomic E-state index is 12.2. The number of hydrogen-bond acceptors (Lipinski definition) is 6. The van der Waals surface area contributed by atoms with E-state index in [0.29, 0.717) is 32.0 Å². The molecule has 6 nitrogen and oxygen atoms in total. The maximum Gasteiger partial charge on any atom is 0.308 e. The van der Waals surface area contributed by atoms with Crippen LogP contribution < -0.4 is 0 Å². The first-order valence-corrected chi connectivity index (χ1v) is 8.98. The van der Waals surface area contributed by atoms with Crippen LogP contribution in [0.1, 0.15) is 54.4 Å². The van der Waals surface area contributed by atoms with E-state index in [4.69, 9.17) is 14.6 Å². The Morgan fingerprint density at radius 2 is 1.67 bits per heavy atom. The van der Waals surface area contributed by atoms with Gasteiger partial charge in [-0.15, -0.1) is 0 Å². The fraction of sp³-hybridized carbons (Fsp3) is 0.889. The minimum Gasteiger partial charge on any atom is -0.464 e. The van der Waals surface area contributed by atoms with Crippen LogP contribution in [0, 0.1) is 11.8 Å². The summed E-state index contributed by atoms with van der Waals surface area (Å²) in [6, 6.07) is 0.416. The summed E-state index contributed by atoms with van der Waals surface area (Å²) in [5.41, 5.74) is 0. The summed E-state index contributed by atoms with van der Waals surface area (Å²) in [6.45, 7) is 13.5. The highest BCUT2D eigenvalue weighted by atomic mass is 16.5. The Bertz CT molecular complexity index is 370. The summed E-state index contributed by atoms with van der Waals surface area (Å²) in [5, 5.41) is 9.15. The Kier molecular flexibility index (Phi) is 11.7. The molecule has 0 saturated heterocycles. The zero-order chi connectivity index (χ0) is 18.7. The van der Waals surface area contributed by atoms with Gasteiger partial charge in [0.05, 0.1) is 17.9 Å². The van der Waals surface area contributed by atoms with E-state index >= 15 is 0 Å². The SMILES string of the molecule is CCC(CC(C)C(=O)OCC(C)O)C(=O)OCCN(CC)C(C)C. The van der Waals surface area contributed by atoms with Gasteiger partial charge in [0.15, 0.2) is 0 Å². The number of rotatable bonds is 12. The molecule has 0 rings (SSSR count). The van der Waals surface area contributed by atoms with Gasteiger partial charge in [-0.25, -0.2) is 0 Å². The van der Waals surface area contributed by atoms with Crippen LogP contribution in [0.5, 0.6) is 0 Å². The lowest BCUT2D eigenvalue weighted by atomic mass is 9.94. The lowest BCUT2D eigenvalue weighted by Crippen LogP contribution is -2.35. The summed E-state index contributed by atoms with van der Waals surface area (Å²) in [6.07, 6.45) is 0.333. The largest absolute Gasteiger partial charge is 0.464 e. The molecule has 0 spiro atoms. The normalized spacial score (nSPS) is 15.2. The fourth-order valence-electron chi connectivity index (χ4n) is 2.46. The van der Waals surface area contributed by atoms with Crippen LogP contribution in [0.15, 0.2) is 0 Å². The van der Waals surface area contributed by atoms with Crippen molar-refractivity contribution >= 4 is 11.9 Å². The molecular weight excluding hydrogens is 310 g/mol. The van der Waals surface area contributed by atoms with Gasteiger partial charge in [0.1, 0.15) is 13.2 Å². The molecule has 0 aliphatic rings. The Morgan fingerprint density at radius 3 is 2.12 bits per heavy atom. The van der Waals surface area contributed by atoms with Crippen molar-refractivity contribution in [3.63, 3.8) is 0 Å². The molecule has 0 radical (unpaired) electrons. The molecule has 0 aliphatic heterocycles. The molecule has 3 unspecified atom stereocenters. The summed E-state index contributed by atoms with van der Waals surface area (Å²) in [4.78, 5) is 26.3. The van der Waals surface area contributed by atoms with E-state index in [2.05, 4.69) is 25.7 Å². The van der Waals surface area contributed by atoms with E-state index in [1.54, 1.807) is 13.8 Å². The summed E-state index contributed by atoms with van der Waals surface area (Å²) < 4.78 is 10.4. The molecule has 0 aromatic rings. The van der Waals surface area contributed by atoms with Gasteiger partial charge in [0.2, 0.25) is 0 Å². The van der Waals surface area contributed by atoms with Crippen molar-refractivity contribution in [2.45, 2.75) is 66.5 Å². The first-order chi connectivity index (χ1) is 11.2. The van der Waals surface area contributed by atoms with Crippen molar-refractivity contribution in [3.8, 4) is 0 Å². The van der Waals surface area contributed by atoms with Gasteiger partial charge >= 0.3 is 11.9 Å². The number of esters is 2.